The summed E-state index contributed by atoms with van der Waals surface area (Å²) in [6.45, 7) is 0.919. The number of amides is 2. The van der Waals surface area contributed by atoms with Gasteiger partial charge >= 0.3 is 0 Å². The number of rotatable bonds is 11. The van der Waals surface area contributed by atoms with Crippen LogP contribution in [0.5, 0.6) is 17.2 Å². The predicted octanol–water partition coefficient (Wildman–Crippen LogP) is 4.04. The molecule has 0 aliphatic carbocycles. The average Bonchev–Trinajstić information content (AvgIpc) is 2.86. The smallest absolute Gasteiger partial charge is 0.255 e. The molecule has 0 saturated carbocycles. The summed E-state index contributed by atoms with van der Waals surface area (Å²) in [4.78, 5) is 26.9. The Balaban J connectivity index is 1.59. The number of carbonyl (C=O) groups excluding carboxylic acids is 2. The Morgan fingerprint density at radius 3 is 2.09 bits per heavy atom. The summed E-state index contributed by atoms with van der Waals surface area (Å²) in [6, 6.07) is 17.7. The van der Waals surface area contributed by atoms with Gasteiger partial charge in [-0.2, -0.15) is 0 Å². The van der Waals surface area contributed by atoms with E-state index >= 15 is 0 Å². The summed E-state index contributed by atoms with van der Waals surface area (Å²) >= 11 is 0. The molecule has 2 N–H and O–H groups in total. The van der Waals surface area contributed by atoms with Crippen molar-refractivity contribution in [1.29, 1.82) is 0 Å². The van der Waals surface area contributed by atoms with Crippen LogP contribution in [-0.2, 0) is 4.79 Å². The zero-order valence-corrected chi connectivity index (χ0v) is 19.8. The maximum atomic E-state index is 13.0. The third-order valence-corrected chi connectivity index (χ3v) is 5.05. The van der Waals surface area contributed by atoms with Gasteiger partial charge in [0.15, 0.2) is 0 Å². The predicted molar refractivity (Wildman–Crippen MR) is 132 cm³/mol. The topological polar surface area (TPSA) is 89.1 Å². The number of methoxy groups -OCH3 is 2. The summed E-state index contributed by atoms with van der Waals surface area (Å²) in [5.41, 5.74) is 1.31. The van der Waals surface area contributed by atoms with Gasteiger partial charge in [-0.1, -0.05) is 18.2 Å². The number of nitrogens with zero attached hydrogens (tertiary/aromatic N) is 1. The summed E-state index contributed by atoms with van der Waals surface area (Å²) in [5.74, 6) is 0.393. The molecule has 0 bridgehead atoms. The molecular weight excluding hydrogens is 453 g/mol. The highest BCUT2D eigenvalue weighted by Gasteiger charge is 2.17. The molecule has 0 spiro atoms. The second-order valence-electron chi connectivity index (χ2n) is 7.66. The fraction of sp³-hybridized carbons (Fsp3) is 0.231. The maximum absolute atomic E-state index is 13.0. The minimum Gasteiger partial charge on any atom is -0.494 e. The van der Waals surface area contributed by atoms with Gasteiger partial charge in [0, 0.05) is 24.2 Å². The standard InChI is InChI=1S/C26H28FN3O5/c1-30(13-14-35-20-11-9-19(27)10-12-20)17-25(31)28-21-15-24(34-3)22(16-23(21)33-2)29-26(32)18-7-5-4-6-8-18/h4-12,15-16H,13-14,17H2,1-3H3,(H,28,31)(H,29,32). The average molecular weight is 482 g/mol. The molecule has 0 saturated heterocycles. The molecule has 3 aromatic rings. The van der Waals surface area contributed by atoms with Crippen LogP contribution in [0.15, 0.2) is 66.7 Å². The fourth-order valence-corrected chi connectivity index (χ4v) is 3.24. The van der Waals surface area contributed by atoms with Gasteiger partial charge in [-0.15, -0.1) is 0 Å². The van der Waals surface area contributed by atoms with Gasteiger partial charge in [-0.3, -0.25) is 14.5 Å². The maximum Gasteiger partial charge on any atom is 0.255 e. The van der Waals surface area contributed by atoms with Crippen molar-refractivity contribution in [3.8, 4) is 17.2 Å². The molecule has 3 rings (SSSR count). The molecule has 8 nitrogen and oxygen atoms in total. The largest absolute Gasteiger partial charge is 0.494 e. The molecule has 9 heteroatoms. The molecule has 35 heavy (non-hydrogen) atoms. The van der Waals surface area contributed by atoms with Gasteiger partial charge < -0.3 is 24.8 Å². The molecule has 2 amide bonds. The molecule has 0 aromatic heterocycles. The Hall–Kier alpha value is -4.11. The number of ether oxygens (including phenoxy) is 3. The van der Waals surface area contributed by atoms with Crippen LogP contribution in [0.25, 0.3) is 0 Å². The zero-order valence-electron chi connectivity index (χ0n) is 19.8. The van der Waals surface area contributed by atoms with E-state index in [2.05, 4.69) is 10.6 Å². The van der Waals surface area contributed by atoms with Crippen LogP contribution in [0.1, 0.15) is 10.4 Å². The van der Waals surface area contributed by atoms with E-state index in [1.165, 1.54) is 26.4 Å². The summed E-state index contributed by atoms with van der Waals surface area (Å²) in [6.07, 6.45) is 0. The Morgan fingerprint density at radius 2 is 1.49 bits per heavy atom. The second-order valence-corrected chi connectivity index (χ2v) is 7.66. The number of hydrogen-bond donors (Lipinski definition) is 2. The third-order valence-electron chi connectivity index (χ3n) is 5.05. The molecule has 0 unspecified atom stereocenters. The lowest BCUT2D eigenvalue weighted by atomic mass is 10.2. The van der Waals surface area contributed by atoms with Crippen molar-refractivity contribution in [2.75, 3.05) is 51.6 Å². The van der Waals surface area contributed by atoms with Crippen LogP contribution < -0.4 is 24.8 Å². The number of benzene rings is 3. The van der Waals surface area contributed by atoms with Crippen molar-refractivity contribution in [2.24, 2.45) is 0 Å². The van der Waals surface area contributed by atoms with E-state index < -0.39 is 0 Å². The summed E-state index contributed by atoms with van der Waals surface area (Å²) in [7, 11) is 4.73. The first-order valence-electron chi connectivity index (χ1n) is 10.9. The van der Waals surface area contributed by atoms with Crippen LogP contribution in [0, 0.1) is 5.82 Å². The molecule has 184 valence electrons. The van der Waals surface area contributed by atoms with Crippen molar-refractivity contribution in [3.63, 3.8) is 0 Å². The van der Waals surface area contributed by atoms with E-state index in [4.69, 9.17) is 14.2 Å². The molecule has 0 atom stereocenters. The number of anilines is 2. The van der Waals surface area contributed by atoms with Gasteiger partial charge in [0.2, 0.25) is 5.91 Å². The van der Waals surface area contributed by atoms with Gasteiger partial charge in [0.25, 0.3) is 5.91 Å². The number of nitrogens with one attached hydrogen (secondary N) is 2. The van der Waals surface area contributed by atoms with Crippen molar-refractivity contribution in [3.05, 3.63) is 78.1 Å². The first-order valence-corrected chi connectivity index (χ1v) is 10.9. The summed E-state index contributed by atoms with van der Waals surface area (Å²) in [5, 5.41) is 5.62. The van der Waals surface area contributed by atoms with Crippen LogP contribution in [0.3, 0.4) is 0 Å². The van der Waals surface area contributed by atoms with Gasteiger partial charge in [-0.25, -0.2) is 4.39 Å². The van der Waals surface area contributed by atoms with Crippen LogP contribution in [0.2, 0.25) is 0 Å². The van der Waals surface area contributed by atoms with Crippen molar-refractivity contribution >= 4 is 23.2 Å². The van der Waals surface area contributed by atoms with E-state index in [1.807, 2.05) is 6.07 Å². The quantitative estimate of drug-likeness (QED) is 0.430. The third kappa shape index (κ3) is 7.44. The lowest BCUT2D eigenvalue weighted by Crippen LogP contribution is -2.33. The van der Waals surface area contributed by atoms with E-state index in [-0.39, 0.29) is 24.2 Å². The Bertz CT molecular complexity index is 1140. The van der Waals surface area contributed by atoms with E-state index in [0.29, 0.717) is 47.3 Å². The highest BCUT2D eigenvalue weighted by atomic mass is 19.1. The second kappa shape index (κ2) is 12.4. The molecule has 0 aliphatic heterocycles. The fourth-order valence-electron chi connectivity index (χ4n) is 3.24. The van der Waals surface area contributed by atoms with Crippen molar-refractivity contribution in [1.82, 2.24) is 4.90 Å². The molecule has 3 aromatic carbocycles. The molecule has 0 aliphatic rings. The SMILES string of the molecule is COc1cc(NC(=O)c2ccccc2)c(OC)cc1NC(=O)CN(C)CCOc1ccc(F)cc1. The first-order chi connectivity index (χ1) is 16.9. The highest BCUT2D eigenvalue weighted by molar-refractivity contribution is 6.05. The lowest BCUT2D eigenvalue weighted by Gasteiger charge is -2.19. The summed E-state index contributed by atoms with van der Waals surface area (Å²) < 4.78 is 29.4. The Morgan fingerprint density at radius 1 is 0.886 bits per heavy atom. The van der Waals surface area contributed by atoms with Crippen LogP contribution in [-0.4, -0.2) is 57.7 Å². The van der Waals surface area contributed by atoms with Gasteiger partial charge in [0.05, 0.1) is 32.1 Å². The minimum absolute atomic E-state index is 0.102. The Labute approximate surface area is 203 Å². The van der Waals surface area contributed by atoms with Crippen molar-refractivity contribution in [2.45, 2.75) is 0 Å². The number of likely N-dealkylation sites (N-methyl/N-ethyl adjacent to an activating group) is 1. The molecule has 0 heterocycles. The van der Waals surface area contributed by atoms with Crippen LogP contribution in [0.4, 0.5) is 15.8 Å². The zero-order chi connectivity index (χ0) is 25.2. The molecular formula is C26H28FN3O5. The molecule has 0 radical (unpaired) electrons. The van der Waals surface area contributed by atoms with Crippen LogP contribution >= 0.6 is 0 Å². The highest BCUT2D eigenvalue weighted by Crippen LogP contribution is 2.36. The van der Waals surface area contributed by atoms with E-state index in [0.717, 1.165) is 0 Å². The van der Waals surface area contributed by atoms with Crippen molar-refractivity contribution < 1.29 is 28.2 Å². The minimum atomic E-state index is -0.329. The number of halogens is 1. The number of carbonyl (C=O) groups is 2. The Kier molecular flexibility index (Phi) is 9.02. The normalized spacial score (nSPS) is 10.5. The monoisotopic (exact) mass is 481 g/mol. The van der Waals surface area contributed by atoms with E-state index in [9.17, 15) is 14.0 Å². The van der Waals surface area contributed by atoms with E-state index in [1.54, 1.807) is 60.5 Å². The molecule has 0 fully saturated rings. The van der Waals surface area contributed by atoms with Gasteiger partial charge in [0.1, 0.15) is 29.7 Å². The number of hydrogen-bond acceptors (Lipinski definition) is 6. The van der Waals surface area contributed by atoms with Gasteiger partial charge in [-0.05, 0) is 43.4 Å². The first kappa shape index (κ1) is 25.5. The lowest BCUT2D eigenvalue weighted by molar-refractivity contribution is -0.117.